The van der Waals surface area contributed by atoms with Crippen LogP contribution in [0.15, 0.2) is 11.6 Å². The fourth-order valence-corrected chi connectivity index (χ4v) is 0.647. The van der Waals surface area contributed by atoms with E-state index in [0.717, 1.165) is 6.26 Å². The van der Waals surface area contributed by atoms with Gasteiger partial charge in [-0.25, -0.2) is 0 Å². The number of rotatable bonds is 3. The molecular formula is C4H7ClO3S. The van der Waals surface area contributed by atoms with Crippen LogP contribution in [0.3, 0.4) is 0 Å². The lowest BCUT2D eigenvalue weighted by Gasteiger charge is -1.95. The highest BCUT2D eigenvalue weighted by Gasteiger charge is 2.00. The second kappa shape index (κ2) is 3.20. The predicted molar refractivity (Wildman–Crippen MR) is 35.8 cm³/mol. The van der Waals surface area contributed by atoms with Crippen LogP contribution in [0.4, 0.5) is 0 Å². The van der Waals surface area contributed by atoms with E-state index in [9.17, 15) is 8.42 Å². The molecule has 0 aliphatic heterocycles. The minimum absolute atomic E-state index is 0.152. The first-order valence-corrected chi connectivity index (χ1v) is 4.29. The number of hydrogen-bond acceptors (Lipinski definition) is 3. The molecule has 0 N–H and O–H groups in total. The molecule has 9 heavy (non-hydrogen) atoms. The zero-order valence-corrected chi connectivity index (χ0v) is 6.50. The van der Waals surface area contributed by atoms with Gasteiger partial charge < -0.3 is 0 Å². The summed E-state index contributed by atoms with van der Waals surface area (Å²) >= 11 is 5.20. The Kier molecular flexibility index (Phi) is 3.17. The molecule has 0 radical (unpaired) electrons. The van der Waals surface area contributed by atoms with Gasteiger partial charge in [-0.3, -0.25) is 4.18 Å². The van der Waals surface area contributed by atoms with Gasteiger partial charge in [0, 0.05) is 5.03 Å². The highest BCUT2D eigenvalue weighted by Crippen LogP contribution is 1.98. The lowest BCUT2D eigenvalue weighted by Crippen LogP contribution is -2.03. The fourth-order valence-electron chi connectivity index (χ4n) is 0.171. The molecule has 0 aromatic heterocycles. The van der Waals surface area contributed by atoms with Gasteiger partial charge >= 0.3 is 0 Å². The van der Waals surface area contributed by atoms with Gasteiger partial charge in [0.15, 0.2) is 0 Å². The highest BCUT2D eigenvalue weighted by molar-refractivity contribution is 7.86. The molecule has 0 aliphatic carbocycles. The fraction of sp³-hybridized carbons (Fsp3) is 0.500. The summed E-state index contributed by atoms with van der Waals surface area (Å²) in [5.74, 6) is 0. The monoisotopic (exact) mass is 170 g/mol. The largest absolute Gasteiger partial charge is 0.265 e. The molecule has 0 aromatic carbocycles. The standard InChI is InChI=1S/C4H7ClO3S/c1-4(5)3-8-9(2,6)7/h1,3H2,2H3. The van der Waals surface area contributed by atoms with Crippen molar-refractivity contribution in [1.29, 1.82) is 0 Å². The lowest BCUT2D eigenvalue weighted by molar-refractivity contribution is 0.359. The Bertz CT molecular complexity index is 194. The van der Waals surface area contributed by atoms with E-state index in [1.807, 2.05) is 0 Å². The third-order valence-corrected chi connectivity index (χ3v) is 1.08. The molecule has 0 amide bonds. The van der Waals surface area contributed by atoms with Gasteiger partial charge in [-0.2, -0.15) is 8.42 Å². The smallest absolute Gasteiger partial charge is 0.264 e. The molecule has 54 valence electrons. The maximum atomic E-state index is 10.2. The molecule has 5 heteroatoms. The first-order valence-electron chi connectivity index (χ1n) is 2.09. The summed E-state index contributed by atoms with van der Waals surface area (Å²) in [6, 6.07) is 0. The summed E-state index contributed by atoms with van der Waals surface area (Å²) < 4.78 is 24.7. The van der Waals surface area contributed by atoms with Crippen LogP contribution in [0, 0.1) is 0 Å². The van der Waals surface area contributed by atoms with Crippen LogP contribution in [0.25, 0.3) is 0 Å². The average molecular weight is 171 g/mol. The van der Waals surface area contributed by atoms with E-state index in [-0.39, 0.29) is 11.6 Å². The van der Waals surface area contributed by atoms with Gasteiger partial charge in [-0.1, -0.05) is 18.2 Å². The molecule has 0 aliphatic rings. The van der Waals surface area contributed by atoms with Gasteiger partial charge in [-0.05, 0) is 0 Å². The van der Waals surface area contributed by atoms with E-state index in [2.05, 4.69) is 10.8 Å². The summed E-state index contributed by atoms with van der Waals surface area (Å²) in [4.78, 5) is 0. The molecule has 3 nitrogen and oxygen atoms in total. The molecule has 0 fully saturated rings. The van der Waals surface area contributed by atoms with Crippen LogP contribution in [-0.2, 0) is 14.3 Å². The second-order valence-electron chi connectivity index (χ2n) is 1.48. The van der Waals surface area contributed by atoms with Crippen molar-refractivity contribution in [3.05, 3.63) is 11.6 Å². The molecule has 0 atom stereocenters. The van der Waals surface area contributed by atoms with Crippen molar-refractivity contribution in [3.8, 4) is 0 Å². The van der Waals surface area contributed by atoms with Crippen molar-refractivity contribution in [2.45, 2.75) is 0 Å². The summed E-state index contributed by atoms with van der Waals surface area (Å²) in [6.07, 6.45) is 0.951. The molecule has 0 spiro atoms. The van der Waals surface area contributed by atoms with Crippen molar-refractivity contribution in [2.24, 2.45) is 0 Å². The van der Waals surface area contributed by atoms with Crippen molar-refractivity contribution >= 4 is 21.7 Å². The molecule has 0 saturated carbocycles. The Hall–Kier alpha value is -0.0600. The molecule has 0 rings (SSSR count). The van der Waals surface area contributed by atoms with Crippen molar-refractivity contribution in [1.82, 2.24) is 0 Å². The summed E-state index contributed by atoms with van der Waals surface area (Å²) in [5, 5.41) is 0.167. The first kappa shape index (κ1) is 8.94. The summed E-state index contributed by atoms with van der Waals surface area (Å²) in [7, 11) is -3.36. The third-order valence-electron chi connectivity index (χ3n) is 0.430. The molecule has 0 unspecified atom stereocenters. The predicted octanol–water partition coefficient (Wildman–Crippen LogP) is 0.715. The van der Waals surface area contributed by atoms with E-state index < -0.39 is 10.1 Å². The van der Waals surface area contributed by atoms with Gasteiger partial charge in [0.1, 0.15) is 6.61 Å². The van der Waals surface area contributed by atoms with Crippen LogP contribution in [0.2, 0.25) is 0 Å². The van der Waals surface area contributed by atoms with Gasteiger partial charge in [-0.15, -0.1) is 0 Å². The van der Waals surface area contributed by atoms with E-state index in [0.29, 0.717) is 0 Å². The van der Waals surface area contributed by atoms with E-state index in [1.54, 1.807) is 0 Å². The molecule has 0 heterocycles. The average Bonchev–Trinajstić information content (AvgIpc) is 1.59. The zero-order valence-electron chi connectivity index (χ0n) is 4.93. The Morgan fingerprint density at radius 1 is 1.78 bits per heavy atom. The topological polar surface area (TPSA) is 43.4 Å². The van der Waals surface area contributed by atoms with E-state index in [4.69, 9.17) is 11.6 Å². The SMILES string of the molecule is C=C(Cl)COS(C)(=O)=O. The van der Waals surface area contributed by atoms with Gasteiger partial charge in [0.05, 0.1) is 6.26 Å². The van der Waals surface area contributed by atoms with Crippen LogP contribution < -0.4 is 0 Å². The van der Waals surface area contributed by atoms with Gasteiger partial charge in [0.2, 0.25) is 0 Å². The third kappa shape index (κ3) is 7.94. The number of halogens is 1. The maximum Gasteiger partial charge on any atom is 0.264 e. The van der Waals surface area contributed by atoms with Crippen LogP contribution in [-0.4, -0.2) is 21.3 Å². The van der Waals surface area contributed by atoms with Crippen LogP contribution in [0.5, 0.6) is 0 Å². The van der Waals surface area contributed by atoms with Gasteiger partial charge in [0.25, 0.3) is 10.1 Å². The number of hydrogen-bond donors (Lipinski definition) is 0. The minimum atomic E-state index is -3.36. The quantitative estimate of drug-likeness (QED) is 0.587. The maximum absolute atomic E-state index is 10.2. The Balaban J connectivity index is 3.67. The van der Waals surface area contributed by atoms with E-state index >= 15 is 0 Å². The Labute approximate surface area is 59.4 Å². The minimum Gasteiger partial charge on any atom is -0.265 e. The van der Waals surface area contributed by atoms with E-state index in [1.165, 1.54) is 0 Å². The normalized spacial score (nSPS) is 11.3. The van der Waals surface area contributed by atoms with Crippen molar-refractivity contribution < 1.29 is 12.6 Å². The Morgan fingerprint density at radius 2 is 2.22 bits per heavy atom. The highest BCUT2D eigenvalue weighted by atomic mass is 35.5. The molecule has 0 saturated heterocycles. The molecule has 0 aromatic rings. The Morgan fingerprint density at radius 3 is 2.33 bits per heavy atom. The molecule has 0 bridgehead atoms. The van der Waals surface area contributed by atoms with Crippen molar-refractivity contribution in [2.75, 3.05) is 12.9 Å². The van der Waals surface area contributed by atoms with Crippen molar-refractivity contribution in [3.63, 3.8) is 0 Å². The summed E-state index contributed by atoms with van der Waals surface area (Å²) in [6.45, 7) is 3.08. The van der Waals surface area contributed by atoms with Crippen LogP contribution in [0.1, 0.15) is 0 Å². The van der Waals surface area contributed by atoms with Crippen LogP contribution >= 0.6 is 11.6 Å². The molecular weight excluding hydrogens is 164 g/mol. The summed E-state index contributed by atoms with van der Waals surface area (Å²) in [5.41, 5.74) is 0. The zero-order chi connectivity index (χ0) is 7.49. The lowest BCUT2D eigenvalue weighted by atomic mass is 10.7. The first-order chi connectivity index (χ1) is 3.92. The second-order valence-corrected chi connectivity index (χ2v) is 3.66.